The molecule has 0 saturated heterocycles. The fraction of sp³-hybridized carbons (Fsp3) is 0.118. The van der Waals surface area contributed by atoms with Crippen molar-refractivity contribution in [3.05, 3.63) is 48.0 Å². The zero-order valence-electron chi connectivity index (χ0n) is 13.3. The molecule has 126 valence electrons. The number of carbonyl (C=O) groups is 1. The molecule has 2 aromatic rings. The highest BCUT2D eigenvalue weighted by Gasteiger charge is 2.16. The van der Waals surface area contributed by atoms with Crippen LogP contribution in [0.5, 0.6) is 11.5 Å². The molecule has 3 rings (SSSR count). The highest BCUT2D eigenvalue weighted by atomic mass is 32.2. The number of hydrogen-bond donors (Lipinski definition) is 2. The highest BCUT2D eigenvalue weighted by molar-refractivity contribution is 8.13. The van der Waals surface area contributed by atoms with Gasteiger partial charge in [-0.2, -0.15) is 5.26 Å². The standard InChI is InChI=1S/C17H14N4O3S/c1-25-17(19-9-18)21-13-5-3-2-4-12(13)16(22)20-11-6-7-14-15(8-11)24-10-23-14/h2-8H,10H2,1H3,(H,19,21)(H,20,22). The van der Waals surface area contributed by atoms with Gasteiger partial charge in [0.15, 0.2) is 22.9 Å². The lowest BCUT2D eigenvalue weighted by Gasteiger charge is -2.09. The summed E-state index contributed by atoms with van der Waals surface area (Å²) in [6.07, 6.45) is 3.61. The van der Waals surface area contributed by atoms with E-state index >= 15 is 0 Å². The quantitative estimate of drug-likeness (QED) is 0.381. The Hall–Kier alpha value is -3.18. The van der Waals surface area contributed by atoms with Crippen molar-refractivity contribution in [2.45, 2.75) is 0 Å². The van der Waals surface area contributed by atoms with E-state index in [1.165, 1.54) is 11.8 Å². The topological polar surface area (TPSA) is 95.7 Å². The summed E-state index contributed by atoms with van der Waals surface area (Å²) in [4.78, 5) is 16.9. The summed E-state index contributed by atoms with van der Waals surface area (Å²) >= 11 is 1.28. The third kappa shape index (κ3) is 3.84. The Balaban J connectivity index is 1.84. The molecule has 8 heteroatoms. The number of nitriles is 1. The summed E-state index contributed by atoms with van der Waals surface area (Å²) in [5.41, 5.74) is 1.45. The molecular weight excluding hydrogens is 340 g/mol. The number of aliphatic imine (C=N–C) groups is 1. The number of carbonyl (C=O) groups excluding carboxylic acids is 1. The van der Waals surface area contributed by atoms with Crippen LogP contribution in [0.1, 0.15) is 10.4 Å². The van der Waals surface area contributed by atoms with E-state index in [9.17, 15) is 4.79 Å². The number of nitrogens with zero attached hydrogens (tertiary/aromatic N) is 2. The zero-order chi connectivity index (χ0) is 17.6. The van der Waals surface area contributed by atoms with Crippen LogP contribution in [0.4, 0.5) is 11.4 Å². The minimum atomic E-state index is -0.310. The van der Waals surface area contributed by atoms with Gasteiger partial charge in [-0.05, 0) is 30.5 Å². The minimum absolute atomic E-state index is 0.174. The average molecular weight is 354 g/mol. The Morgan fingerprint density at radius 1 is 1.24 bits per heavy atom. The molecule has 1 amide bonds. The number of thioether (sulfide) groups is 1. The van der Waals surface area contributed by atoms with Gasteiger partial charge in [0, 0.05) is 11.8 Å². The number of fused-ring (bicyclic) bond motifs is 1. The first-order valence-electron chi connectivity index (χ1n) is 7.29. The normalized spacial score (nSPS) is 12.4. The third-order valence-corrected chi connectivity index (χ3v) is 3.94. The van der Waals surface area contributed by atoms with Gasteiger partial charge in [0.05, 0.1) is 11.3 Å². The highest BCUT2D eigenvalue weighted by Crippen LogP contribution is 2.34. The lowest BCUT2D eigenvalue weighted by molar-refractivity contribution is 0.102. The number of anilines is 1. The fourth-order valence-corrected chi connectivity index (χ4v) is 2.56. The van der Waals surface area contributed by atoms with Crippen molar-refractivity contribution >= 4 is 34.2 Å². The molecule has 0 unspecified atom stereocenters. The Bertz CT molecular complexity index is 876. The summed E-state index contributed by atoms with van der Waals surface area (Å²) in [5.74, 6) is 0.929. The van der Waals surface area contributed by atoms with E-state index in [-0.39, 0.29) is 12.7 Å². The largest absolute Gasteiger partial charge is 0.454 e. The number of amidine groups is 1. The number of benzene rings is 2. The number of amides is 1. The molecule has 0 aliphatic carbocycles. The van der Waals surface area contributed by atoms with Crippen molar-refractivity contribution in [2.24, 2.45) is 4.99 Å². The van der Waals surface area contributed by atoms with Gasteiger partial charge in [-0.25, -0.2) is 4.99 Å². The number of rotatable bonds is 3. The summed E-state index contributed by atoms with van der Waals surface area (Å²) in [6, 6.07) is 12.1. The molecule has 0 aromatic heterocycles. The molecule has 0 spiro atoms. The summed E-state index contributed by atoms with van der Waals surface area (Å²) in [6.45, 7) is 0.174. The minimum Gasteiger partial charge on any atom is -0.454 e. The molecule has 2 aromatic carbocycles. The first kappa shape index (κ1) is 16.7. The van der Waals surface area contributed by atoms with Crippen LogP contribution >= 0.6 is 11.8 Å². The molecule has 2 N–H and O–H groups in total. The van der Waals surface area contributed by atoms with Gasteiger partial charge in [0.25, 0.3) is 5.91 Å². The van der Waals surface area contributed by atoms with E-state index in [0.29, 0.717) is 33.6 Å². The smallest absolute Gasteiger partial charge is 0.257 e. The number of nitrogens with one attached hydrogen (secondary N) is 2. The van der Waals surface area contributed by atoms with Crippen LogP contribution < -0.4 is 20.1 Å². The summed E-state index contributed by atoms with van der Waals surface area (Å²) < 4.78 is 10.6. The third-order valence-electron chi connectivity index (χ3n) is 3.36. The Morgan fingerprint density at radius 2 is 2.04 bits per heavy atom. The van der Waals surface area contributed by atoms with Gasteiger partial charge in [-0.1, -0.05) is 23.9 Å². The molecule has 7 nitrogen and oxygen atoms in total. The molecular formula is C17H14N4O3S. The average Bonchev–Trinajstić information content (AvgIpc) is 3.09. The van der Waals surface area contributed by atoms with Gasteiger partial charge in [0.2, 0.25) is 6.79 Å². The van der Waals surface area contributed by atoms with Crippen molar-refractivity contribution in [2.75, 3.05) is 18.4 Å². The van der Waals surface area contributed by atoms with E-state index in [0.717, 1.165) is 0 Å². The number of hydrogen-bond acceptors (Lipinski definition) is 6. The molecule has 1 aliphatic heterocycles. The second kappa shape index (κ2) is 7.59. The Kier molecular flexibility index (Phi) is 5.06. The monoisotopic (exact) mass is 354 g/mol. The predicted molar refractivity (Wildman–Crippen MR) is 96.3 cm³/mol. The van der Waals surface area contributed by atoms with Crippen molar-refractivity contribution in [3.63, 3.8) is 0 Å². The van der Waals surface area contributed by atoms with E-state index < -0.39 is 0 Å². The van der Waals surface area contributed by atoms with E-state index in [4.69, 9.17) is 14.7 Å². The van der Waals surface area contributed by atoms with Crippen LogP contribution in [-0.4, -0.2) is 24.1 Å². The van der Waals surface area contributed by atoms with E-state index in [1.807, 2.05) is 6.19 Å². The predicted octanol–water partition coefficient (Wildman–Crippen LogP) is 3.09. The van der Waals surface area contributed by atoms with Gasteiger partial charge >= 0.3 is 0 Å². The SMILES string of the molecule is CSC(=Nc1ccccc1C(=O)Nc1ccc2c(c1)OCO2)NC#N. The Labute approximate surface area is 148 Å². The van der Waals surface area contributed by atoms with Crippen molar-refractivity contribution in [1.29, 1.82) is 5.26 Å². The number of ether oxygens (including phenoxy) is 2. The molecule has 0 bridgehead atoms. The zero-order valence-corrected chi connectivity index (χ0v) is 14.1. The van der Waals surface area contributed by atoms with Gasteiger partial charge in [-0.3, -0.25) is 10.1 Å². The molecule has 0 radical (unpaired) electrons. The van der Waals surface area contributed by atoms with Crippen molar-refractivity contribution < 1.29 is 14.3 Å². The van der Waals surface area contributed by atoms with Crippen LogP contribution in [-0.2, 0) is 0 Å². The van der Waals surface area contributed by atoms with Gasteiger partial charge in [0.1, 0.15) is 0 Å². The van der Waals surface area contributed by atoms with Crippen LogP contribution in [0.3, 0.4) is 0 Å². The van der Waals surface area contributed by atoms with Crippen LogP contribution in [0.2, 0.25) is 0 Å². The molecule has 1 heterocycles. The van der Waals surface area contributed by atoms with Crippen molar-refractivity contribution in [3.8, 4) is 17.7 Å². The Morgan fingerprint density at radius 3 is 2.84 bits per heavy atom. The molecule has 25 heavy (non-hydrogen) atoms. The first-order valence-corrected chi connectivity index (χ1v) is 8.51. The van der Waals surface area contributed by atoms with Crippen molar-refractivity contribution in [1.82, 2.24) is 5.32 Å². The number of para-hydroxylation sites is 1. The lowest BCUT2D eigenvalue weighted by atomic mass is 10.1. The van der Waals surface area contributed by atoms with Gasteiger partial charge < -0.3 is 14.8 Å². The maximum absolute atomic E-state index is 12.6. The first-order chi connectivity index (χ1) is 12.2. The maximum Gasteiger partial charge on any atom is 0.257 e. The molecule has 0 atom stereocenters. The molecule has 0 fully saturated rings. The summed E-state index contributed by atoms with van der Waals surface area (Å²) in [7, 11) is 0. The second-order valence-electron chi connectivity index (χ2n) is 4.90. The van der Waals surface area contributed by atoms with E-state index in [2.05, 4.69) is 15.6 Å². The molecule has 0 saturated carbocycles. The fourth-order valence-electron chi connectivity index (χ4n) is 2.22. The van der Waals surface area contributed by atoms with Crippen LogP contribution in [0.25, 0.3) is 0 Å². The molecule has 1 aliphatic rings. The van der Waals surface area contributed by atoms with Gasteiger partial charge in [-0.15, -0.1) is 0 Å². The second-order valence-corrected chi connectivity index (χ2v) is 5.69. The summed E-state index contributed by atoms with van der Waals surface area (Å²) in [5, 5.41) is 14.4. The maximum atomic E-state index is 12.6. The van der Waals surface area contributed by atoms with Crippen LogP contribution in [0, 0.1) is 11.5 Å². The van der Waals surface area contributed by atoms with E-state index in [1.54, 1.807) is 48.7 Å². The lowest BCUT2D eigenvalue weighted by Crippen LogP contribution is -2.14. The van der Waals surface area contributed by atoms with Crippen LogP contribution in [0.15, 0.2) is 47.5 Å².